The number of benzene rings is 2. The molecule has 4 nitrogen and oxygen atoms in total. The zero-order valence-corrected chi connectivity index (χ0v) is 16.8. The summed E-state index contributed by atoms with van der Waals surface area (Å²) in [4.78, 5) is 6.79. The third-order valence-electron chi connectivity index (χ3n) is 4.49. The number of halogens is 2. The van der Waals surface area contributed by atoms with E-state index in [1.54, 1.807) is 17.8 Å². The van der Waals surface area contributed by atoms with Gasteiger partial charge in [0.25, 0.3) is 0 Å². The lowest BCUT2D eigenvalue weighted by Gasteiger charge is -2.26. The molecule has 0 spiro atoms. The maximum Gasteiger partial charge on any atom is 0.164 e. The Bertz CT molecular complexity index is 964. The Morgan fingerprint density at radius 1 is 1.08 bits per heavy atom. The average molecular weight is 427 g/mol. The standard InChI is InChI=1S/C18H16Cl2N2O2S2/c19-14-7-6-12(8-15(14)20)9-25-18-21-16-10-26(23,24)11-17(16)22(18)13-4-2-1-3-5-13/h1-8,16-17H,9-11H2/t16-,17+/m1/s1. The van der Waals surface area contributed by atoms with E-state index >= 15 is 0 Å². The second-order valence-electron chi connectivity index (χ2n) is 6.37. The molecule has 26 heavy (non-hydrogen) atoms. The zero-order chi connectivity index (χ0) is 18.3. The molecule has 2 aromatic carbocycles. The highest BCUT2D eigenvalue weighted by Gasteiger charge is 2.47. The second-order valence-corrected chi connectivity index (χ2v) is 10.3. The number of aliphatic imine (C=N–C) groups is 1. The van der Waals surface area contributed by atoms with E-state index in [1.807, 2.05) is 42.5 Å². The molecule has 8 heteroatoms. The van der Waals surface area contributed by atoms with Gasteiger partial charge in [-0.25, -0.2) is 8.42 Å². The van der Waals surface area contributed by atoms with Gasteiger partial charge < -0.3 is 4.90 Å². The number of para-hydroxylation sites is 1. The third-order valence-corrected chi connectivity index (χ3v) is 7.97. The summed E-state index contributed by atoms with van der Waals surface area (Å²) in [5.74, 6) is 0.954. The van der Waals surface area contributed by atoms with E-state index in [2.05, 4.69) is 4.90 Å². The van der Waals surface area contributed by atoms with Gasteiger partial charge in [0, 0.05) is 11.4 Å². The fraction of sp³-hybridized carbons (Fsp3) is 0.278. The van der Waals surface area contributed by atoms with Crippen LogP contribution in [-0.2, 0) is 15.6 Å². The van der Waals surface area contributed by atoms with E-state index in [4.69, 9.17) is 28.2 Å². The minimum absolute atomic E-state index is 0.123. The van der Waals surface area contributed by atoms with Crippen molar-refractivity contribution in [3.05, 3.63) is 64.1 Å². The zero-order valence-electron chi connectivity index (χ0n) is 13.7. The van der Waals surface area contributed by atoms with E-state index in [-0.39, 0.29) is 23.6 Å². The smallest absolute Gasteiger partial charge is 0.164 e. The van der Waals surface area contributed by atoms with Crippen molar-refractivity contribution in [1.29, 1.82) is 0 Å². The normalized spacial score (nSPS) is 23.8. The molecule has 0 N–H and O–H groups in total. The average Bonchev–Trinajstić information content (AvgIpc) is 3.07. The quantitative estimate of drug-likeness (QED) is 0.734. The second kappa shape index (κ2) is 7.08. The van der Waals surface area contributed by atoms with Crippen molar-refractivity contribution < 1.29 is 8.42 Å². The summed E-state index contributed by atoms with van der Waals surface area (Å²) in [6, 6.07) is 15.1. The van der Waals surface area contributed by atoms with Crippen molar-refractivity contribution in [2.75, 3.05) is 16.4 Å². The SMILES string of the molecule is O=S1(=O)C[C@H]2N=C(SCc3ccc(Cl)c(Cl)c3)N(c3ccccc3)[C@H]2C1. The van der Waals surface area contributed by atoms with Crippen molar-refractivity contribution in [2.24, 2.45) is 4.99 Å². The minimum atomic E-state index is -3.04. The lowest BCUT2D eigenvalue weighted by Crippen LogP contribution is -2.39. The van der Waals surface area contributed by atoms with Gasteiger partial charge in [-0.15, -0.1) is 0 Å². The van der Waals surface area contributed by atoms with Crippen LogP contribution >= 0.6 is 35.0 Å². The van der Waals surface area contributed by atoms with Gasteiger partial charge in [0.2, 0.25) is 0 Å². The predicted octanol–water partition coefficient (Wildman–Crippen LogP) is 4.27. The Balaban J connectivity index is 1.59. The van der Waals surface area contributed by atoms with Crippen LogP contribution in [0.25, 0.3) is 0 Å². The number of anilines is 1. The molecule has 1 fully saturated rings. The number of thioether (sulfide) groups is 1. The first-order valence-corrected chi connectivity index (χ1v) is 11.7. The number of fused-ring (bicyclic) bond motifs is 1. The van der Waals surface area contributed by atoms with Crippen molar-refractivity contribution in [3.63, 3.8) is 0 Å². The van der Waals surface area contributed by atoms with E-state index in [0.29, 0.717) is 15.8 Å². The van der Waals surface area contributed by atoms with Gasteiger partial charge in [-0.2, -0.15) is 0 Å². The Morgan fingerprint density at radius 3 is 2.58 bits per heavy atom. The molecule has 0 aromatic heterocycles. The number of rotatable bonds is 3. The van der Waals surface area contributed by atoms with E-state index in [1.165, 1.54) is 0 Å². The van der Waals surface area contributed by atoms with Gasteiger partial charge in [0.05, 0.1) is 33.6 Å². The minimum Gasteiger partial charge on any atom is -0.315 e. The fourth-order valence-electron chi connectivity index (χ4n) is 3.30. The molecule has 136 valence electrons. The molecule has 2 atom stereocenters. The van der Waals surface area contributed by atoms with Crippen LogP contribution in [0.5, 0.6) is 0 Å². The van der Waals surface area contributed by atoms with Gasteiger partial charge in [-0.3, -0.25) is 4.99 Å². The van der Waals surface area contributed by atoms with Crippen LogP contribution in [0.15, 0.2) is 53.5 Å². The maximum absolute atomic E-state index is 12.0. The number of hydrogen-bond donors (Lipinski definition) is 0. The van der Waals surface area contributed by atoms with Crippen molar-refractivity contribution >= 4 is 55.7 Å². The summed E-state index contributed by atoms with van der Waals surface area (Å²) in [6.07, 6.45) is 0. The molecule has 0 unspecified atom stereocenters. The lowest BCUT2D eigenvalue weighted by molar-refractivity contribution is 0.601. The molecule has 0 saturated carbocycles. The van der Waals surface area contributed by atoms with Gasteiger partial charge >= 0.3 is 0 Å². The van der Waals surface area contributed by atoms with Crippen molar-refractivity contribution in [2.45, 2.75) is 17.8 Å². The molecule has 0 amide bonds. The number of sulfone groups is 1. The highest BCUT2D eigenvalue weighted by atomic mass is 35.5. The van der Waals surface area contributed by atoms with Crippen LogP contribution in [0, 0.1) is 0 Å². The van der Waals surface area contributed by atoms with Crippen LogP contribution in [0.2, 0.25) is 10.0 Å². The van der Waals surface area contributed by atoms with E-state index < -0.39 is 9.84 Å². The molecule has 1 saturated heterocycles. The van der Waals surface area contributed by atoms with Gasteiger partial charge in [-0.1, -0.05) is 59.2 Å². The van der Waals surface area contributed by atoms with Crippen LogP contribution < -0.4 is 4.90 Å². The first-order chi connectivity index (χ1) is 12.4. The van der Waals surface area contributed by atoms with Gasteiger partial charge in [0.1, 0.15) is 0 Å². The molecule has 2 heterocycles. The number of nitrogens with zero attached hydrogens (tertiary/aromatic N) is 2. The molecule has 4 rings (SSSR count). The summed E-state index contributed by atoms with van der Waals surface area (Å²) in [5.41, 5.74) is 2.02. The first-order valence-electron chi connectivity index (χ1n) is 8.12. The summed E-state index contributed by atoms with van der Waals surface area (Å²) < 4.78 is 24.1. The number of amidine groups is 1. The monoisotopic (exact) mass is 426 g/mol. The van der Waals surface area contributed by atoms with Gasteiger partial charge in [-0.05, 0) is 29.8 Å². The highest BCUT2D eigenvalue weighted by molar-refractivity contribution is 8.13. The van der Waals surface area contributed by atoms with Crippen LogP contribution in [0.1, 0.15) is 5.56 Å². The van der Waals surface area contributed by atoms with Gasteiger partial charge in [0.15, 0.2) is 15.0 Å². The summed E-state index contributed by atoms with van der Waals surface area (Å²) in [7, 11) is -3.04. The molecule has 0 radical (unpaired) electrons. The Labute approximate surface area is 167 Å². The fourth-order valence-corrected chi connectivity index (χ4v) is 6.53. The predicted molar refractivity (Wildman–Crippen MR) is 110 cm³/mol. The topological polar surface area (TPSA) is 49.7 Å². The lowest BCUT2D eigenvalue weighted by atomic mass is 10.1. The maximum atomic E-state index is 12.0. The Morgan fingerprint density at radius 2 is 1.85 bits per heavy atom. The van der Waals surface area contributed by atoms with Crippen LogP contribution in [-0.4, -0.2) is 37.2 Å². The molecule has 0 aliphatic carbocycles. The Hall–Kier alpha value is -1.21. The molecule has 2 aliphatic heterocycles. The van der Waals surface area contributed by atoms with Crippen molar-refractivity contribution in [1.82, 2.24) is 0 Å². The molecule has 0 bridgehead atoms. The summed E-state index contributed by atoms with van der Waals surface area (Å²) >= 11 is 13.7. The third kappa shape index (κ3) is 3.60. The Kier molecular flexibility index (Phi) is 4.94. The summed E-state index contributed by atoms with van der Waals surface area (Å²) in [6.45, 7) is 0. The van der Waals surface area contributed by atoms with Crippen molar-refractivity contribution in [3.8, 4) is 0 Å². The van der Waals surface area contributed by atoms with Crippen LogP contribution in [0.3, 0.4) is 0 Å². The molecule has 2 aliphatic rings. The van der Waals surface area contributed by atoms with E-state index in [0.717, 1.165) is 16.4 Å². The molecule has 2 aromatic rings. The van der Waals surface area contributed by atoms with Crippen LogP contribution in [0.4, 0.5) is 5.69 Å². The highest BCUT2D eigenvalue weighted by Crippen LogP contribution is 2.36. The molecular formula is C18H16Cl2N2O2S2. The molecular weight excluding hydrogens is 411 g/mol. The first kappa shape index (κ1) is 18.2. The van der Waals surface area contributed by atoms with E-state index in [9.17, 15) is 8.42 Å². The summed E-state index contributed by atoms with van der Waals surface area (Å²) in [5, 5.41) is 1.91. The largest absolute Gasteiger partial charge is 0.315 e. The number of hydrogen-bond acceptors (Lipinski definition) is 5.